The standard InChI is InChI=1S/C11H22N6O4/c1-6(10(20)21)17-8(18)5-16-9(19)7(12)3-2-4-15-11(13)14/h6-7H,2-5,12H2,1H3,(H,16,19)(H,17,18)(H,20,21)(H4,13,14,15)/t6-,7-/m0/s1. The molecule has 0 aromatic carbocycles. The molecule has 0 aromatic heterocycles. The Morgan fingerprint density at radius 1 is 1.29 bits per heavy atom. The summed E-state index contributed by atoms with van der Waals surface area (Å²) >= 11 is 0. The van der Waals surface area contributed by atoms with Gasteiger partial charge in [-0.2, -0.15) is 0 Å². The Hall–Kier alpha value is -2.36. The highest BCUT2D eigenvalue weighted by atomic mass is 16.4. The molecule has 0 aliphatic heterocycles. The van der Waals surface area contributed by atoms with E-state index in [1.54, 1.807) is 0 Å². The Morgan fingerprint density at radius 3 is 2.43 bits per heavy atom. The number of hydrogen-bond donors (Lipinski definition) is 7. The molecule has 2 amide bonds. The number of carbonyl (C=O) groups is 3. The number of guanidine groups is 1. The smallest absolute Gasteiger partial charge is 0.325 e. The van der Waals surface area contributed by atoms with Crippen molar-refractivity contribution in [3.63, 3.8) is 0 Å². The largest absolute Gasteiger partial charge is 0.480 e. The predicted molar refractivity (Wildman–Crippen MR) is 75.4 cm³/mol. The second-order valence-electron chi connectivity index (χ2n) is 4.43. The zero-order valence-electron chi connectivity index (χ0n) is 11.8. The summed E-state index contributed by atoms with van der Waals surface area (Å²) in [7, 11) is 0. The molecule has 2 atom stereocenters. The minimum Gasteiger partial charge on any atom is -0.480 e. The Kier molecular flexibility index (Phi) is 8.46. The average Bonchev–Trinajstić information content (AvgIpc) is 2.40. The molecule has 9 N–H and O–H groups in total. The van der Waals surface area contributed by atoms with E-state index in [9.17, 15) is 14.4 Å². The van der Waals surface area contributed by atoms with E-state index in [4.69, 9.17) is 22.0 Å². The van der Waals surface area contributed by atoms with Crippen LogP contribution in [0.5, 0.6) is 0 Å². The van der Waals surface area contributed by atoms with Crippen molar-refractivity contribution < 1.29 is 19.5 Å². The summed E-state index contributed by atoms with van der Waals surface area (Å²) < 4.78 is 0. The molecule has 10 nitrogen and oxygen atoms in total. The maximum absolute atomic E-state index is 11.6. The number of nitrogens with one attached hydrogen (secondary N) is 4. The third-order valence-electron chi connectivity index (χ3n) is 2.52. The molecule has 0 unspecified atom stereocenters. The first-order chi connectivity index (χ1) is 9.73. The topological polar surface area (TPSA) is 183 Å². The molecular weight excluding hydrogens is 280 g/mol. The van der Waals surface area contributed by atoms with E-state index in [0.29, 0.717) is 19.4 Å². The van der Waals surface area contributed by atoms with Gasteiger partial charge in [-0.1, -0.05) is 0 Å². The number of carbonyl (C=O) groups excluding carboxylic acids is 2. The Bertz CT molecular complexity index is 400. The van der Waals surface area contributed by atoms with Gasteiger partial charge in [-0.15, -0.1) is 0 Å². The van der Waals surface area contributed by atoms with Crippen LogP contribution < -0.4 is 27.4 Å². The number of nitrogens with two attached hydrogens (primary N) is 2. The van der Waals surface area contributed by atoms with Gasteiger partial charge in [0.25, 0.3) is 0 Å². The first-order valence-electron chi connectivity index (χ1n) is 6.37. The zero-order chi connectivity index (χ0) is 16.4. The first-order valence-corrected chi connectivity index (χ1v) is 6.37. The van der Waals surface area contributed by atoms with E-state index < -0.39 is 29.9 Å². The second kappa shape index (κ2) is 9.53. The van der Waals surface area contributed by atoms with Crippen molar-refractivity contribution in [3.8, 4) is 0 Å². The lowest BCUT2D eigenvalue weighted by Gasteiger charge is -2.13. The molecule has 0 aromatic rings. The van der Waals surface area contributed by atoms with Crippen LogP contribution in [0.1, 0.15) is 19.8 Å². The number of hydrogen-bond acceptors (Lipinski definition) is 5. The number of aliphatic carboxylic acids is 1. The monoisotopic (exact) mass is 302 g/mol. The predicted octanol–water partition coefficient (Wildman–Crippen LogP) is -2.72. The van der Waals surface area contributed by atoms with Gasteiger partial charge in [0.15, 0.2) is 5.96 Å². The van der Waals surface area contributed by atoms with E-state index in [0.717, 1.165) is 0 Å². The van der Waals surface area contributed by atoms with Gasteiger partial charge < -0.3 is 32.5 Å². The van der Waals surface area contributed by atoms with Gasteiger partial charge in [0, 0.05) is 6.54 Å². The molecule has 0 bridgehead atoms. The lowest BCUT2D eigenvalue weighted by Crippen LogP contribution is -2.47. The van der Waals surface area contributed by atoms with Crippen LogP contribution in [0.4, 0.5) is 0 Å². The van der Waals surface area contributed by atoms with Crippen LogP contribution in [-0.2, 0) is 14.4 Å². The van der Waals surface area contributed by atoms with Crippen LogP contribution in [-0.4, -0.2) is 54.0 Å². The van der Waals surface area contributed by atoms with Crippen molar-refractivity contribution in [1.82, 2.24) is 16.0 Å². The van der Waals surface area contributed by atoms with Crippen molar-refractivity contribution in [2.75, 3.05) is 13.1 Å². The summed E-state index contributed by atoms with van der Waals surface area (Å²) in [6, 6.07) is -1.82. The first kappa shape index (κ1) is 18.6. The Morgan fingerprint density at radius 2 is 1.90 bits per heavy atom. The molecule has 0 radical (unpaired) electrons. The van der Waals surface area contributed by atoms with Crippen LogP contribution in [0.25, 0.3) is 0 Å². The van der Waals surface area contributed by atoms with Gasteiger partial charge >= 0.3 is 5.97 Å². The van der Waals surface area contributed by atoms with E-state index in [-0.39, 0.29) is 12.5 Å². The molecule has 0 rings (SSSR count). The third-order valence-corrected chi connectivity index (χ3v) is 2.52. The molecule has 120 valence electrons. The molecule has 0 fully saturated rings. The summed E-state index contributed by atoms with van der Waals surface area (Å²) in [5.74, 6) is -2.43. The SMILES string of the molecule is C[C@H](NC(=O)CNC(=O)[C@@H](N)CCCNC(=N)N)C(=O)O. The molecule has 21 heavy (non-hydrogen) atoms. The molecule has 0 saturated heterocycles. The molecule has 0 aliphatic carbocycles. The van der Waals surface area contributed by atoms with E-state index >= 15 is 0 Å². The van der Waals surface area contributed by atoms with Gasteiger partial charge in [-0.3, -0.25) is 19.8 Å². The van der Waals surface area contributed by atoms with Crippen LogP contribution >= 0.6 is 0 Å². The van der Waals surface area contributed by atoms with Gasteiger partial charge in [0.2, 0.25) is 11.8 Å². The van der Waals surface area contributed by atoms with E-state index in [1.165, 1.54) is 6.92 Å². The van der Waals surface area contributed by atoms with Crippen LogP contribution in [0.3, 0.4) is 0 Å². The minimum absolute atomic E-state index is 0.155. The Balaban J connectivity index is 3.89. The lowest BCUT2D eigenvalue weighted by atomic mass is 10.1. The van der Waals surface area contributed by atoms with Crippen molar-refractivity contribution in [2.24, 2.45) is 11.5 Å². The van der Waals surface area contributed by atoms with E-state index in [1.807, 2.05) is 0 Å². The highest BCUT2D eigenvalue weighted by molar-refractivity contribution is 5.89. The quantitative estimate of drug-likeness (QED) is 0.137. The average molecular weight is 302 g/mol. The number of carboxylic acid groups (broad SMARTS) is 1. The second-order valence-corrected chi connectivity index (χ2v) is 4.43. The number of carboxylic acids is 1. The minimum atomic E-state index is -1.16. The fraction of sp³-hybridized carbons (Fsp3) is 0.636. The summed E-state index contributed by atoms with van der Waals surface area (Å²) in [4.78, 5) is 33.4. The van der Waals surface area contributed by atoms with E-state index in [2.05, 4.69) is 16.0 Å². The van der Waals surface area contributed by atoms with Gasteiger partial charge in [0.05, 0.1) is 12.6 Å². The summed E-state index contributed by atoms with van der Waals surface area (Å²) in [5.41, 5.74) is 10.7. The highest BCUT2D eigenvalue weighted by Crippen LogP contribution is 1.93. The molecule has 10 heteroatoms. The summed E-state index contributed by atoms with van der Waals surface area (Å²) in [5, 5.41) is 22.6. The fourth-order valence-electron chi connectivity index (χ4n) is 1.33. The third kappa shape index (κ3) is 9.21. The van der Waals surface area contributed by atoms with Gasteiger partial charge in [-0.25, -0.2) is 0 Å². The normalized spacial score (nSPS) is 12.9. The lowest BCUT2D eigenvalue weighted by molar-refractivity contribution is -0.141. The van der Waals surface area contributed by atoms with Gasteiger partial charge in [-0.05, 0) is 19.8 Å². The molecule has 0 heterocycles. The maximum Gasteiger partial charge on any atom is 0.325 e. The molecule has 0 saturated carbocycles. The fourth-order valence-corrected chi connectivity index (χ4v) is 1.33. The highest BCUT2D eigenvalue weighted by Gasteiger charge is 2.16. The summed E-state index contributed by atoms with van der Waals surface area (Å²) in [6.45, 7) is 1.40. The van der Waals surface area contributed by atoms with Crippen molar-refractivity contribution in [2.45, 2.75) is 31.8 Å². The van der Waals surface area contributed by atoms with Crippen molar-refractivity contribution in [1.29, 1.82) is 5.41 Å². The summed E-state index contributed by atoms with van der Waals surface area (Å²) in [6.07, 6.45) is 0.898. The van der Waals surface area contributed by atoms with Gasteiger partial charge in [0.1, 0.15) is 6.04 Å². The van der Waals surface area contributed by atoms with Crippen LogP contribution in [0.15, 0.2) is 0 Å². The molecular formula is C11H22N6O4. The van der Waals surface area contributed by atoms with Crippen molar-refractivity contribution >= 4 is 23.7 Å². The van der Waals surface area contributed by atoms with Crippen LogP contribution in [0.2, 0.25) is 0 Å². The van der Waals surface area contributed by atoms with Crippen molar-refractivity contribution in [3.05, 3.63) is 0 Å². The maximum atomic E-state index is 11.6. The Labute approximate surface area is 122 Å². The number of rotatable bonds is 9. The zero-order valence-corrected chi connectivity index (χ0v) is 11.8. The van der Waals surface area contributed by atoms with Crippen LogP contribution in [0, 0.1) is 5.41 Å². The number of amides is 2. The molecule has 0 aliphatic rings. The molecule has 0 spiro atoms.